The second-order valence-corrected chi connectivity index (χ2v) is 10.2. The lowest BCUT2D eigenvalue weighted by Crippen LogP contribution is -2.34. The van der Waals surface area contributed by atoms with Gasteiger partial charge in [0.05, 0.1) is 15.5 Å². The van der Waals surface area contributed by atoms with E-state index in [1.165, 1.54) is 22.1 Å². The molecule has 1 aliphatic rings. The zero-order valence-electron chi connectivity index (χ0n) is 15.3. The van der Waals surface area contributed by atoms with Crippen molar-refractivity contribution in [3.63, 3.8) is 0 Å². The monoisotopic (exact) mass is 393 g/mol. The lowest BCUT2D eigenvalue weighted by atomic mass is 9.86. The molecule has 0 atom stereocenters. The van der Waals surface area contributed by atoms with Crippen LogP contribution in [0.4, 0.5) is 5.69 Å². The molecule has 2 N–H and O–H groups in total. The molecule has 0 fully saturated rings. The van der Waals surface area contributed by atoms with Gasteiger partial charge in [0.1, 0.15) is 0 Å². The Kier molecular flexibility index (Phi) is 4.65. The molecule has 2 aromatic carbocycles. The molecule has 3 rings (SSSR count). The summed E-state index contributed by atoms with van der Waals surface area (Å²) in [7, 11) is -3.77. The average molecular weight is 394 g/mol. The van der Waals surface area contributed by atoms with Crippen LogP contribution in [0, 0.1) is 6.92 Å². The van der Waals surface area contributed by atoms with Crippen LogP contribution in [0.2, 0.25) is 0 Å². The van der Waals surface area contributed by atoms with Gasteiger partial charge in [-0.25, -0.2) is 8.42 Å². The summed E-state index contributed by atoms with van der Waals surface area (Å²) in [5, 5.41) is 20.5. The van der Waals surface area contributed by atoms with Gasteiger partial charge < -0.3 is 10.2 Å². The fourth-order valence-corrected chi connectivity index (χ4v) is 6.02. The molecule has 0 saturated carbocycles. The van der Waals surface area contributed by atoms with Crippen molar-refractivity contribution in [1.29, 1.82) is 0 Å². The van der Waals surface area contributed by atoms with Crippen molar-refractivity contribution in [1.82, 2.24) is 0 Å². The van der Waals surface area contributed by atoms with Crippen molar-refractivity contribution >= 4 is 27.5 Å². The Bertz CT molecular complexity index is 950. The van der Waals surface area contributed by atoms with Crippen molar-refractivity contribution in [2.45, 2.75) is 42.9 Å². The van der Waals surface area contributed by atoms with E-state index >= 15 is 0 Å². The first-order chi connectivity index (χ1) is 12.1. The summed E-state index contributed by atoms with van der Waals surface area (Å²) in [5.74, 6) is 0.212. The van der Waals surface area contributed by atoms with Crippen LogP contribution < -0.4 is 4.31 Å². The van der Waals surface area contributed by atoms with E-state index in [-0.39, 0.29) is 22.9 Å². The quantitative estimate of drug-likeness (QED) is 0.606. The summed E-state index contributed by atoms with van der Waals surface area (Å²) >= 11 is 1.40. The van der Waals surface area contributed by atoms with Crippen LogP contribution in [0.5, 0.6) is 11.5 Å². The zero-order valence-corrected chi connectivity index (χ0v) is 16.9. The number of phenols is 2. The first-order valence-electron chi connectivity index (χ1n) is 8.41. The van der Waals surface area contributed by atoms with E-state index in [0.29, 0.717) is 16.3 Å². The summed E-state index contributed by atoms with van der Waals surface area (Å²) in [6.07, 6.45) is 0. The van der Waals surface area contributed by atoms with Gasteiger partial charge in [-0.05, 0) is 24.8 Å². The van der Waals surface area contributed by atoms with E-state index in [1.54, 1.807) is 24.3 Å². The number of rotatable bonds is 4. The molecule has 1 heterocycles. The van der Waals surface area contributed by atoms with E-state index in [0.717, 1.165) is 11.1 Å². The minimum Gasteiger partial charge on any atom is -0.504 e. The molecule has 0 bridgehead atoms. The molecule has 140 valence electrons. The summed E-state index contributed by atoms with van der Waals surface area (Å²) < 4.78 is 27.8. The van der Waals surface area contributed by atoms with Crippen LogP contribution in [0.25, 0.3) is 0 Å². The number of fused-ring (bicyclic) bond motifs is 1. The molecule has 1 aliphatic heterocycles. The van der Waals surface area contributed by atoms with Gasteiger partial charge in [0.25, 0.3) is 10.0 Å². The van der Waals surface area contributed by atoms with Crippen LogP contribution in [0.3, 0.4) is 0 Å². The minimum atomic E-state index is -3.77. The largest absolute Gasteiger partial charge is 0.504 e. The summed E-state index contributed by atoms with van der Waals surface area (Å²) in [6, 6.07) is 8.07. The van der Waals surface area contributed by atoms with Gasteiger partial charge >= 0.3 is 0 Å². The van der Waals surface area contributed by atoms with Crippen LogP contribution in [-0.4, -0.2) is 30.9 Å². The number of aromatic hydroxyl groups is 2. The van der Waals surface area contributed by atoms with Gasteiger partial charge in [0.15, 0.2) is 11.5 Å². The molecule has 0 unspecified atom stereocenters. The van der Waals surface area contributed by atoms with Gasteiger partial charge in [0, 0.05) is 23.6 Å². The Morgan fingerprint density at radius 1 is 1.19 bits per heavy atom. The standard InChI is InChI=1S/C19H23NO4S2/c1-5-25-18-16-14(10-15(21)17(18)22)20(11-19(16,3)4)26(23,24)13-8-6-12(2)7-9-13/h6-10,21-22H,5,11H2,1-4H3. The fourth-order valence-electron chi connectivity index (χ4n) is 3.33. The van der Waals surface area contributed by atoms with Crippen molar-refractivity contribution < 1.29 is 18.6 Å². The zero-order chi connectivity index (χ0) is 19.3. The molecule has 7 heteroatoms. The number of benzene rings is 2. The van der Waals surface area contributed by atoms with Crippen molar-refractivity contribution in [3.8, 4) is 11.5 Å². The predicted octanol–water partition coefficient (Wildman–Crippen LogP) is 4.00. The molecule has 5 nitrogen and oxygen atoms in total. The number of aryl methyl sites for hydroxylation is 1. The number of hydrogen-bond acceptors (Lipinski definition) is 5. The third-order valence-corrected chi connectivity index (χ3v) is 7.35. The second kappa shape index (κ2) is 6.39. The molecule has 2 aromatic rings. The number of sulfonamides is 1. The van der Waals surface area contributed by atoms with Crippen LogP contribution in [0.1, 0.15) is 31.9 Å². The van der Waals surface area contributed by atoms with Crippen LogP contribution >= 0.6 is 11.8 Å². The van der Waals surface area contributed by atoms with E-state index < -0.39 is 15.4 Å². The van der Waals surface area contributed by atoms with Gasteiger partial charge in [-0.1, -0.05) is 38.5 Å². The predicted molar refractivity (Wildman–Crippen MR) is 105 cm³/mol. The highest BCUT2D eigenvalue weighted by Gasteiger charge is 2.44. The number of phenolic OH excluding ortho intramolecular Hbond substituents is 2. The molecule has 0 aromatic heterocycles. The van der Waals surface area contributed by atoms with Crippen LogP contribution in [-0.2, 0) is 15.4 Å². The summed E-state index contributed by atoms with van der Waals surface area (Å²) in [6.45, 7) is 8.00. The Balaban J connectivity index is 2.22. The highest BCUT2D eigenvalue weighted by molar-refractivity contribution is 7.99. The maximum Gasteiger partial charge on any atom is 0.264 e. The summed E-state index contributed by atoms with van der Waals surface area (Å²) in [5.41, 5.74) is 1.68. The Hall–Kier alpha value is -1.86. The normalized spacial score (nSPS) is 15.9. The number of anilines is 1. The maximum atomic E-state index is 13.2. The Labute approximate surface area is 158 Å². The van der Waals surface area contributed by atoms with E-state index in [1.807, 2.05) is 27.7 Å². The van der Waals surface area contributed by atoms with Crippen molar-refractivity contribution in [2.24, 2.45) is 0 Å². The fraction of sp³-hybridized carbons (Fsp3) is 0.368. The number of nitrogens with zero attached hydrogens (tertiary/aromatic N) is 1. The third kappa shape index (κ3) is 2.93. The first-order valence-corrected chi connectivity index (χ1v) is 10.8. The molecular formula is C19H23NO4S2. The van der Waals surface area contributed by atoms with Gasteiger partial charge in [-0.15, -0.1) is 11.8 Å². The van der Waals surface area contributed by atoms with E-state index in [2.05, 4.69) is 0 Å². The molecule has 26 heavy (non-hydrogen) atoms. The maximum absolute atomic E-state index is 13.2. The first kappa shape index (κ1) is 18.9. The van der Waals surface area contributed by atoms with E-state index in [9.17, 15) is 18.6 Å². The highest BCUT2D eigenvalue weighted by Crippen LogP contribution is 2.53. The molecule has 0 aliphatic carbocycles. The molecule has 0 spiro atoms. The topological polar surface area (TPSA) is 77.8 Å². The second-order valence-electron chi connectivity index (χ2n) is 7.11. The molecule has 0 saturated heterocycles. The number of thioether (sulfide) groups is 1. The molecular weight excluding hydrogens is 370 g/mol. The van der Waals surface area contributed by atoms with Gasteiger partial charge in [-0.2, -0.15) is 0 Å². The number of hydrogen-bond donors (Lipinski definition) is 2. The lowest BCUT2D eigenvalue weighted by molar-refractivity contribution is 0.392. The highest BCUT2D eigenvalue weighted by atomic mass is 32.2. The van der Waals surface area contributed by atoms with E-state index in [4.69, 9.17) is 0 Å². The minimum absolute atomic E-state index is 0.182. The third-order valence-electron chi connectivity index (χ3n) is 4.60. The lowest BCUT2D eigenvalue weighted by Gasteiger charge is -2.22. The van der Waals surface area contributed by atoms with Crippen molar-refractivity contribution in [2.75, 3.05) is 16.6 Å². The van der Waals surface area contributed by atoms with Gasteiger partial charge in [0.2, 0.25) is 0 Å². The summed E-state index contributed by atoms with van der Waals surface area (Å²) in [4.78, 5) is 0.762. The Morgan fingerprint density at radius 3 is 2.38 bits per heavy atom. The van der Waals surface area contributed by atoms with Gasteiger partial charge in [-0.3, -0.25) is 4.31 Å². The van der Waals surface area contributed by atoms with Crippen molar-refractivity contribution in [3.05, 3.63) is 41.5 Å². The SMILES string of the molecule is CCSc1c(O)c(O)cc2c1C(C)(C)CN2S(=O)(=O)c1ccc(C)cc1. The average Bonchev–Trinajstić information content (AvgIpc) is 2.83. The van der Waals surface area contributed by atoms with Crippen LogP contribution in [0.15, 0.2) is 40.1 Å². The Morgan fingerprint density at radius 2 is 1.81 bits per heavy atom. The molecule has 0 radical (unpaired) electrons. The molecule has 0 amide bonds. The smallest absolute Gasteiger partial charge is 0.264 e.